The smallest absolute Gasteiger partial charge is 0.337 e. The van der Waals surface area contributed by atoms with E-state index in [2.05, 4.69) is 29.6 Å². The Hall–Kier alpha value is -2.62. The Morgan fingerprint density at radius 3 is 2.36 bits per heavy atom. The van der Waals surface area contributed by atoms with Crippen LogP contribution in [-0.2, 0) is 10.2 Å². The van der Waals surface area contributed by atoms with Crippen molar-refractivity contribution in [2.75, 3.05) is 13.7 Å². The van der Waals surface area contributed by atoms with E-state index in [1.807, 2.05) is 6.07 Å². The van der Waals surface area contributed by atoms with Crippen molar-refractivity contribution in [3.05, 3.63) is 71.3 Å². The maximum absolute atomic E-state index is 12.6. The molecule has 0 radical (unpaired) electrons. The van der Waals surface area contributed by atoms with Crippen LogP contribution in [0, 0.1) is 0 Å². The lowest BCUT2D eigenvalue weighted by Crippen LogP contribution is -2.39. The molecule has 4 heteroatoms. The number of nitrogens with one attached hydrogen (secondary N) is 1. The average Bonchev–Trinajstić information content (AvgIpc) is 3.16. The topological polar surface area (TPSA) is 55.4 Å². The summed E-state index contributed by atoms with van der Waals surface area (Å²) >= 11 is 0. The summed E-state index contributed by atoms with van der Waals surface area (Å²) in [6.07, 6.45) is 4.53. The van der Waals surface area contributed by atoms with Gasteiger partial charge in [-0.1, -0.05) is 49.2 Å². The van der Waals surface area contributed by atoms with E-state index < -0.39 is 5.97 Å². The largest absolute Gasteiger partial charge is 0.465 e. The summed E-state index contributed by atoms with van der Waals surface area (Å²) in [6, 6.07) is 17.0. The minimum atomic E-state index is -0.439. The van der Waals surface area contributed by atoms with Crippen LogP contribution in [0.4, 0.5) is 0 Å². The molecule has 0 spiro atoms. The summed E-state index contributed by atoms with van der Waals surface area (Å²) in [5.74, 6) is -0.598. The van der Waals surface area contributed by atoms with Gasteiger partial charge in [0.1, 0.15) is 0 Å². The first-order chi connectivity index (χ1) is 12.1. The van der Waals surface area contributed by atoms with Gasteiger partial charge in [0.25, 0.3) is 5.91 Å². The van der Waals surface area contributed by atoms with Crippen molar-refractivity contribution in [3.8, 4) is 0 Å². The molecule has 0 aliphatic heterocycles. The van der Waals surface area contributed by atoms with E-state index in [1.165, 1.54) is 25.5 Å². The predicted octanol–water partition coefficient (Wildman–Crippen LogP) is 3.72. The summed E-state index contributed by atoms with van der Waals surface area (Å²) in [6.45, 7) is 0.609. The third-order valence-corrected chi connectivity index (χ3v) is 5.08. The van der Waals surface area contributed by atoms with E-state index in [0.29, 0.717) is 17.7 Å². The van der Waals surface area contributed by atoms with Crippen LogP contribution in [0.25, 0.3) is 0 Å². The van der Waals surface area contributed by atoms with Crippen molar-refractivity contribution >= 4 is 11.9 Å². The molecule has 2 aromatic carbocycles. The van der Waals surface area contributed by atoms with Crippen LogP contribution in [0.2, 0.25) is 0 Å². The first kappa shape index (κ1) is 17.2. The third-order valence-electron chi connectivity index (χ3n) is 5.08. The maximum Gasteiger partial charge on any atom is 0.337 e. The lowest BCUT2D eigenvalue weighted by molar-refractivity contribution is 0.0600. The summed E-state index contributed by atoms with van der Waals surface area (Å²) in [7, 11) is 1.33. The molecule has 0 atom stereocenters. The van der Waals surface area contributed by atoms with Gasteiger partial charge in [-0.05, 0) is 36.6 Å². The molecule has 0 unspecified atom stereocenters. The van der Waals surface area contributed by atoms with Crippen molar-refractivity contribution < 1.29 is 14.3 Å². The molecule has 0 saturated heterocycles. The quantitative estimate of drug-likeness (QED) is 0.846. The molecule has 3 rings (SSSR count). The number of carbonyl (C=O) groups is 2. The number of methoxy groups -OCH3 is 1. The van der Waals surface area contributed by atoms with Gasteiger partial charge in [0.15, 0.2) is 0 Å². The highest BCUT2D eigenvalue weighted by Gasteiger charge is 2.35. The molecule has 0 aromatic heterocycles. The van der Waals surface area contributed by atoms with Crippen LogP contribution in [0.15, 0.2) is 54.6 Å². The van der Waals surface area contributed by atoms with E-state index in [-0.39, 0.29) is 11.3 Å². The van der Waals surface area contributed by atoms with E-state index in [1.54, 1.807) is 24.3 Å². The number of rotatable bonds is 5. The first-order valence-electron chi connectivity index (χ1n) is 8.67. The number of ether oxygens (including phenoxy) is 1. The van der Waals surface area contributed by atoms with Gasteiger partial charge in [-0.15, -0.1) is 0 Å². The average molecular weight is 337 g/mol. The van der Waals surface area contributed by atoms with Gasteiger partial charge in [-0.3, -0.25) is 4.79 Å². The number of carbonyl (C=O) groups excluding carboxylic acids is 2. The minimum Gasteiger partial charge on any atom is -0.465 e. The van der Waals surface area contributed by atoms with Gasteiger partial charge in [0, 0.05) is 17.5 Å². The van der Waals surface area contributed by atoms with Gasteiger partial charge >= 0.3 is 5.97 Å². The molecule has 130 valence electrons. The zero-order chi connectivity index (χ0) is 17.7. The lowest BCUT2D eigenvalue weighted by Gasteiger charge is -2.30. The predicted molar refractivity (Wildman–Crippen MR) is 96.7 cm³/mol. The Morgan fingerprint density at radius 2 is 1.68 bits per heavy atom. The minimum absolute atomic E-state index is 0.0108. The molecule has 1 N–H and O–H groups in total. The van der Waals surface area contributed by atoms with Gasteiger partial charge in [-0.2, -0.15) is 0 Å². The van der Waals surface area contributed by atoms with Gasteiger partial charge in [0.2, 0.25) is 0 Å². The highest BCUT2D eigenvalue weighted by atomic mass is 16.5. The standard InChI is InChI=1S/C21H23NO3/c1-25-20(24)17-9-7-8-16(14-17)19(23)22-15-21(12-5-6-13-21)18-10-3-2-4-11-18/h2-4,7-11,14H,5-6,12-13,15H2,1H3,(H,22,23). The molecule has 1 amide bonds. The van der Waals surface area contributed by atoms with Crippen LogP contribution >= 0.6 is 0 Å². The van der Waals surface area contributed by atoms with Crippen molar-refractivity contribution in [1.82, 2.24) is 5.32 Å². The Labute approximate surface area is 148 Å². The molecule has 2 aromatic rings. The van der Waals surface area contributed by atoms with Crippen LogP contribution in [0.3, 0.4) is 0 Å². The number of amides is 1. The highest BCUT2D eigenvalue weighted by molar-refractivity contribution is 5.97. The van der Waals surface area contributed by atoms with Crippen molar-refractivity contribution in [1.29, 1.82) is 0 Å². The van der Waals surface area contributed by atoms with Crippen LogP contribution in [0.1, 0.15) is 52.0 Å². The molecule has 1 aliphatic rings. The lowest BCUT2D eigenvalue weighted by atomic mass is 9.79. The molecule has 1 saturated carbocycles. The normalized spacial score (nSPS) is 15.6. The van der Waals surface area contributed by atoms with Crippen LogP contribution < -0.4 is 5.32 Å². The summed E-state index contributed by atoms with van der Waals surface area (Å²) in [4.78, 5) is 24.2. The second-order valence-corrected chi connectivity index (χ2v) is 6.61. The van der Waals surface area contributed by atoms with Crippen molar-refractivity contribution in [2.24, 2.45) is 0 Å². The molecule has 1 fully saturated rings. The first-order valence-corrected chi connectivity index (χ1v) is 8.67. The fourth-order valence-electron chi connectivity index (χ4n) is 3.67. The number of hydrogen-bond acceptors (Lipinski definition) is 3. The number of benzene rings is 2. The fourth-order valence-corrected chi connectivity index (χ4v) is 3.67. The number of hydrogen-bond donors (Lipinski definition) is 1. The van der Waals surface area contributed by atoms with E-state index in [4.69, 9.17) is 4.74 Å². The maximum atomic E-state index is 12.6. The molecule has 25 heavy (non-hydrogen) atoms. The van der Waals surface area contributed by atoms with Crippen molar-refractivity contribution in [2.45, 2.75) is 31.1 Å². The highest BCUT2D eigenvalue weighted by Crippen LogP contribution is 2.40. The Kier molecular flexibility index (Phi) is 5.17. The second-order valence-electron chi connectivity index (χ2n) is 6.61. The summed E-state index contributed by atoms with van der Waals surface area (Å²) < 4.78 is 4.72. The summed E-state index contributed by atoms with van der Waals surface area (Å²) in [5.41, 5.74) is 2.16. The zero-order valence-electron chi connectivity index (χ0n) is 14.5. The monoisotopic (exact) mass is 337 g/mol. The van der Waals surface area contributed by atoms with Gasteiger partial charge in [-0.25, -0.2) is 4.79 Å². The van der Waals surface area contributed by atoms with Gasteiger partial charge < -0.3 is 10.1 Å². The van der Waals surface area contributed by atoms with Crippen LogP contribution in [-0.4, -0.2) is 25.5 Å². The van der Waals surface area contributed by atoms with E-state index in [0.717, 1.165) is 12.8 Å². The van der Waals surface area contributed by atoms with E-state index in [9.17, 15) is 9.59 Å². The van der Waals surface area contributed by atoms with Gasteiger partial charge in [0.05, 0.1) is 12.7 Å². The molecular weight excluding hydrogens is 314 g/mol. The fraction of sp³-hybridized carbons (Fsp3) is 0.333. The third kappa shape index (κ3) is 3.73. The van der Waals surface area contributed by atoms with Crippen molar-refractivity contribution in [3.63, 3.8) is 0 Å². The number of esters is 1. The molecule has 4 nitrogen and oxygen atoms in total. The second kappa shape index (κ2) is 7.51. The Morgan fingerprint density at radius 1 is 1.00 bits per heavy atom. The Balaban J connectivity index is 1.74. The molecule has 0 bridgehead atoms. The van der Waals surface area contributed by atoms with E-state index >= 15 is 0 Å². The molecule has 0 heterocycles. The molecule has 1 aliphatic carbocycles. The van der Waals surface area contributed by atoms with Crippen LogP contribution in [0.5, 0.6) is 0 Å². The Bertz CT molecular complexity index is 749. The zero-order valence-corrected chi connectivity index (χ0v) is 14.5. The molecular formula is C21H23NO3. The SMILES string of the molecule is COC(=O)c1cccc(C(=O)NCC2(c3ccccc3)CCCC2)c1. The summed E-state index contributed by atoms with van der Waals surface area (Å²) in [5, 5.41) is 3.07.